The monoisotopic (exact) mass is 598 g/mol. The number of nitrogens with one attached hydrogen (secondary N) is 1. The van der Waals surface area contributed by atoms with Gasteiger partial charge in [0.05, 0.1) is 5.69 Å². The third-order valence-corrected chi connectivity index (χ3v) is 9.72. The van der Waals surface area contributed by atoms with Gasteiger partial charge < -0.3 is 15.1 Å². The zero-order valence-corrected chi connectivity index (χ0v) is 27.9. The molecule has 0 aliphatic carbocycles. The summed E-state index contributed by atoms with van der Waals surface area (Å²) in [6.07, 6.45) is 11.6. The zero-order valence-electron chi connectivity index (χ0n) is 27.1. The first-order valence-electron chi connectivity index (χ1n) is 16.0. The highest BCUT2D eigenvalue weighted by Gasteiger charge is 2.43. The average Bonchev–Trinajstić information content (AvgIpc) is 3.00. The summed E-state index contributed by atoms with van der Waals surface area (Å²) in [5.74, 6) is 0.0459. The maximum atomic E-state index is 13.2. The zero-order chi connectivity index (χ0) is 30.8. The molecule has 3 aromatic rings. The molecule has 1 amide bonds. The van der Waals surface area contributed by atoms with Crippen molar-refractivity contribution in [2.24, 2.45) is 4.99 Å². The van der Waals surface area contributed by atoms with Crippen molar-refractivity contribution in [3.05, 3.63) is 89.0 Å². The van der Waals surface area contributed by atoms with Gasteiger partial charge in [0.15, 0.2) is 5.17 Å². The van der Waals surface area contributed by atoms with Crippen LogP contribution in [0, 0.1) is 6.92 Å². The topological polar surface area (TPSA) is 47.9 Å². The SMILES string of the molecule is CCCCCCCCCCCC(=O)NC1=Nc2ccc(C)cc2C(c2ccc(N(C)C)cc2)(c2ccc(N(C)C)cc2)S1. The van der Waals surface area contributed by atoms with Gasteiger partial charge in [-0.1, -0.05) is 112 Å². The fourth-order valence-electron chi connectivity index (χ4n) is 5.78. The molecule has 0 atom stereocenters. The number of aliphatic imine (C=N–C) groups is 1. The normalized spacial score (nSPS) is 13.7. The third kappa shape index (κ3) is 8.23. The molecule has 0 radical (unpaired) electrons. The Labute approximate surface area is 264 Å². The number of amides is 1. The van der Waals surface area contributed by atoms with Crippen LogP contribution in [0.15, 0.2) is 71.7 Å². The molecule has 1 aliphatic rings. The Morgan fingerprint density at radius 1 is 0.744 bits per heavy atom. The van der Waals surface area contributed by atoms with E-state index >= 15 is 0 Å². The number of hydrogen-bond acceptors (Lipinski definition) is 5. The fraction of sp³-hybridized carbons (Fsp3) is 0.459. The first kappa shape index (κ1) is 32.7. The van der Waals surface area contributed by atoms with Crippen LogP contribution in [-0.4, -0.2) is 39.3 Å². The molecule has 0 bridgehead atoms. The number of benzene rings is 3. The molecule has 0 unspecified atom stereocenters. The van der Waals surface area contributed by atoms with Gasteiger partial charge in [-0.05, 0) is 54.8 Å². The minimum atomic E-state index is -0.570. The Morgan fingerprint density at radius 2 is 1.26 bits per heavy atom. The fourth-order valence-corrected chi connectivity index (χ4v) is 7.16. The van der Waals surface area contributed by atoms with Gasteiger partial charge in [0.25, 0.3) is 0 Å². The Bertz CT molecular complexity index is 1310. The Morgan fingerprint density at radius 3 is 1.77 bits per heavy atom. The highest BCUT2D eigenvalue weighted by atomic mass is 32.2. The Balaban J connectivity index is 1.60. The maximum Gasteiger partial charge on any atom is 0.225 e. The number of unbranched alkanes of at least 4 members (excludes halogenated alkanes) is 8. The van der Waals surface area contributed by atoms with E-state index < -0.39 is 4.75 Å². The number of anilines is 2. The van der Waals surface area contributed by atoms with Crippen molar-refractivity contribution in [1.29, 1.82) is 0 Å². The predicted molar refractivity (Wildman–Crippen MR) is 187 cm³/mol. The van der Waals surface area contributed by atoms with Crippen LogP contribution in [0.4, 0.5) is 17.1 Å². The van der Waals surface area contributed by atoms with Crippen LogP contribution in [0.25, 0.3) is 0 Å². The van der Waals surface area contributed by atoms with Crippen LogP contribution in [0.1, 0.15) is 93.4 Å². The molecule has 3 aromatic carbocycles. The molecule has 4 rings (SSSR count). The van der Waals surface area contributed by atoms with Crippen LogP contribution in [0.3, 0.4) is 0 Å². The van der Waals surface area contributed by atoms with Gasteiger partial charge in [0.1, 0.15) is 4.75 Å². The van der Waals surface area contributed by atoms with E-state index in [1.165, 1.54) is 50.5 Å². The lowest BCUT2D eigenvalue weighted by molar-refractivity contribution is -0.119. The van der Waals surface area contributed by atoms with Gasteiger partial charge in [0, 0.05) is 51.5 Å². The number of carbonyl (C=O) groups is 1. The summed E-state index contributed by atoms with van der Waals surface area (Å²) in [7, 11) is 8.25. The first-order valence-corrected chi connectivity index (χ1v) is 16.8. The number of carbonyl (C=O) groups excluding carboxylic acids is 1. The highest BCUT2D eigenvalue weighted by Crippen LogP contribution is 2.54. The van der Waals surface area contributed by atoms with E-state index in [0.29, 0.717) is 11.6 Å². The molecule has 0 aromatic heterocycles. The molecule has 5 nitrogen and oxygen atoms in total. The number of hydrogen-bond donors (Lipinski definition) is 1. The smallest absolute Gasteiger partial charge is 0.225 e. The summed E-state index contributed by atoms with van der Waals surface area (Å²) in [6.45, 7) is 4.39. The second kappa shape index (κ2) is 15.5. The largest absolute Gasteiger partial charge is 0.378 e. The Hall–Kier alpha value is -3.25. The van der Waals surface area contributed by atoms with Gasteiger partial charge >= 0.3 is 0 Å². The van der Waals surface area contributed by atoms with Gasteiger partial charge in [0.2, 0.25) is 5.91 Å². The minimum absolute atomic E-state index is 0.0459. The summed E-state index contributed by atoms with van der Waals surface area (Å²) in [5.41, 5.74) is 7.85. The molecule has 230 valence electrons. The van der Waals surface area contributed by atoms with Crippen LogP contribution in [-0.2, 0) is 9.54 Å². The van der Waals surface area contributed by atoms with Gasteiger partial charge in [-0.3, -0.25) is 4.79 Å². The van der Waals surface area contributed by atoms with Crippen molar-refractivity contribution >= 4 is 39.9 Å². The summed E-state index contributed by atoms with van der Waals surface area (Å²) in [5, 5.41) is 3.87. The molecule has 1 heterocycles. The van der Waals surface area contributed by atoms with Crippen LogP contribution < -0.4 is 15.1 Å². The molecule has 0 spiro atoms. The highest BCUT2D eigenvalue weighted by molar-refractivity contribution is 8.15. The van der Waals surface area contributed by atoms with Crippen LogP contribution >= 0.6 is 11.8 Å². The van der Waals surface area contributed by atoms with E-state index in [9.17, 15) is 4.79 Å². The number of thioether (sulfide) groups is 1. The van der Waals surface area contributed by atoms with E-state index in [2.05, 4.69) is 124 Å². The predicted octanol–water partition coefficient (Wildman–Crippen LogP) is 9.19. The molecule has 1 N–H and O–H groups in total. The van der Waals surface area contributed by atoms with E-state index in [0.717, 1.165) is 46.6 Å². The molecule has 0 fully saturated rings. The average molecular weight is 599 g/mol. The lowest BCUT2D eigenvalue weighted by Gasteiger charge is -2.39. The van der Waals surface area contributed by atoms with Crippen molar-refractivity contribution < 1.29 is 4.79 Å². The quantitative estimate of drug-likeness (QED) is 0.188. The van der Waals surface area contributed by atoms with Crippen molar-refractivity contribution in [1.82, 2.24) is 5.32 Å². The molecular weight excluding hydrogens is 549 g/mol. The molecular formula is C37H50N4OS. The van der Waals surface area contributed by atoms with Gasteiger partial charge in [-0.15, -0.1) is 0 Å². The van der Waals surface area contributed by atoms with Crippen molar-refractivity contribution in [3.63, 3.8) is 0 Å². The van der Waals surface area contributed by atoms with Gasteiger partial charge in [-0.25, -0.2) is 4.99 Å². The van der Waals surface area contributed by atoms with E-state index in [1.807, 2.05) is 0 Å². The lowest BCUT2D eigenvalue weighted by Crippen LogP contribution is -2.37. The summed E-state index contributed by atoms with van der Waals surface area (Å²) in [6, 6.07) is 24.1. The molecule has 6 heteroatoms. The van der Waals surface area contributed by atoms with E-state index in [-0.39, 0.29) is 5.91 Å². The number of nitrogens with zero attached hydrogens (tertiary/aromatic N) is 3. The number of aryl methyl sites for hydroxylation is 1. The van der Waals surface area contributed by atoms with E-state index in [4.69, 9.17) is 4.99 Å². The molecule has 0 saturated carbocycles. The summed E-state index contributed by atoms with van der Waals surface area (Å²) >= 11 is 1.64. The molecule has 43 heavy (non-hydrogen) atoms. The second-order valence-corrected chi connectivity index (χ2v) is 13.4. The number of amidine groups is 1. The van der Waals surface area contributed by atoms with Crippen molar-refractivity contribution in [3.8, 4) is 0 Å². The van der Waals surface area contributed by atoms with Gasteiger partial charge in [-0.2, -0.15) is 0 Å². The standard InChI is InChI=1S/C37H50N4OS/c1-7-8-9-10-11-12-13-14-15-16-35(42)39-36-38-34-26-17-28(2)27-33(34)37(43-36,29-18-22-31(23-19-29)40(3)4)30-20-24-32(25-21-30)41(5)6/h17-27H,7-16H2,1-6H3,(H,38,39,42). The maximum absolute atomic E-state index is 13.2. The van der Waals surface area contributed by atoms with Crippen LogP contribution in [0.5, 0.6) is 0 Å². The lowest BCUT2D eigenvalue weighted by atomic mass is 9.82. The van der Waals surface area contributed by atoms with E-state index in [1.54, 1.807) is 11.8 Å². The molecule has 1 aliphatic heterocycles. The Kier molecular flexibility index (Phi) is 11.7. The molecule has 0 saturated heterocycles. The minimum Gasteiger partial charge on any atom is -0.378 e. The summed E-state index contributed by atoms with van der Waals surface area (Å²) < 4.78 is -0.570. The van der Waals surface area contributed by atoms with Crippen molar-refractivity contribution in [2.75, 3.05) is 38.0 Å². The third-order valence-electron chi connectivity index (χ3n) is 8.34. The summed E-state index contributed by atoms with van der Waals surface area (Å²) in [4.78, 5) is 22.4. The van der Waals surface area contributed by atoms with Crippen LogP contribution in [0.2, 0.25) is 0 Å². The number of fused-ring (bicyclic) bond motifs is 1. The second-order valence-electron chi connectivity index (χ2n) is 12.2. The first-order chi connectivity index (χ1) is 20.7. The van der Waals surface area contributed by atoms with Crippen molar-refractivity contribution in [2.45, 2.75) is 82.8 Å². The number of rotatable bonds is 14.